The number of likely N-dealkylation sites (tertiary alicyclic amines) is 1. The van der Waals surface area contributed by atoms with Crippen LogP contribution in [-0.4, -0.2) is 28.2 Å². The zero-order chi connectivity index (χ0) is 28.0. The van der Waals surface area contributed by atoms with E-state index in [0.29, 0.717) is 12.1 Å². The third-order valence-electron chi connectivity index (χ3n) is 7.82. The van der Waals surface area contributed by atoms with Crippen molar-refractivity contribution < 1.29 is 19.1 Å². The van der Waals surface area contributed by atoms with Crippen LogP contribution in [0.5, 0.6) is 0 Å². The van der Waals surface area contributed by atoms with E-state index in [1.54, 1.807) is 30.3 Å². The van der Waals surface area contributed by atoms with E-state index in [9.17, 15) is 19.1 Å². The summed E-state index contributed by atoms with van der Waals surface area (Å²) in [6.07, 6.45) is 17.2. The summed E-state index contributed by atoms with van der Waals surface area (Å²) < 4.78 is 14.9. The first-order chi connectivity index (χ1) is 19.0. The van der Waals surface area contributed by atoms with Crippen LogP contribution < -0.4 is 0 Å². The highest BCUT2D eigenvalue weighted by atomic mass is 19.1. The van der Waals surface area contributed by atoms with Crippen molar-refractivity contribution in [1.29, 1.82) is 0 Å². The van der Waals surface area contributed by atoms with Gasteiger partial charge in [-0.05, 0) is 19.4 Å². The number of rotatable bonds is 17. The van der Waals surface area contributed by atoms with Gasteiger partial charge in [-0.1, -0.05) is 138 Å². The monoisotopic (exact) mass is 535 g/mol. The zero-order valence-corrected chi connectivity index (χ0v) is 23.9. The molecule has 1 saturated heterocycles. The van der Waals surface area contributed by atoms with Crippen LogP contribution in [0.3, 0.4) is 0 Å². The summed E-state index contributed by atoms with van der Waals surface area (Å²) in [6, 6.07) is 12.3. The Morgan fingerprint density at radius 3 is 1.82 bits per heavy atom. The number of amides is 1. The molecule has 3 rings (SSSR count). The molecule has 4 nitrogen and oxygen atoms in total. The second kappa shape index (κ2) is 16.2. The van der Waals surface area contributed by atoms with Crippen molar-refractivity contribution in [1.82, 2.24) is 4.90 Å². The van der Waals surface area contributed by atoms with Gasteiger partial charge >= 0.3 is 0 Å². The number of benzene rings is 2. The fourth-order valence-corrected chi connectivity index (χ4v) is 5.47. The molecule has 1 atom stereocenters. The summed E-state index contributed by atoms with van der Waals surface area (Å²) in [4.78, 5) is 27.6. The number of unbranched alkanes of at least 4 members (excludes halogenated alkanes) is 13. The Bertz CT molecular complexity index is 1090. The fraction of sp³-hybridized carbons (Fsp3) is 0.529. The summed E-state index contributed by atoms with van der Waals surface area (Å²) in [5, 5.41) is 11.1. The van der Waals surface area contributed by atoms with Crippen LogP contribution >= 0.6 is 0 Å². The van der Waals surface area contributed by atoms with Crippen LogP contribution in [0.15, 0.2) is 54.1 Å². The molecule has 1 heterocycles. The molecule has 39 heavy (non-hydrogen) atoms. The number of hydrogen-bond acceptors (Lipinski definition) is 3. The highest BCUT2D eigenvalue weighted by Crippen LogP contribution is 2.40. The number of aliphatic hydroxyl groups is 1. The molecule has 1 aliphatic heterocycles. The van der Waals surface area contributed by atoms with Gasteiger partial charge in [-0.25, -0.2) is 4.39 Å². The number of halogens is 1. The molecule has 1 aliphatic rings. The number of hydrogen-bond donors (Lipinski definition) is 1. The molecule has 0 spiro atoms. The quantitative estimate of drug-likeness (QED) is 0.0951. The molecule has 0 radical (unpaired) electrons. The molecule has 0 saturated carbocycles. The molecule has 2 aromatic rings. The van der Waals surface area contributed by atoms with Gasteiger partial charge < -0.3 is 10.0 Å². The lowest BCUT2D eigenvalue weighted by molar-refractivity contribution is -0.140. The van der Waals surface area contributed by atoms with E-state index < -0.39 is 23.5 Å². The van der Waals surface area contributed by atoms with Crippen LogP contribution in [0, 0.1) is 12.7 Å². The van der Waals surface area contributed by atoms with E-state index in [1.807, 2.05) is 19.1 Å². The minimum Gasteiger partial charge on any atom is -0.507 e. The summed E-state index contributed by atoms with van der Waals surface area (Å²) in [6.45, 7) is 4.53. The number of carbonyl (C=O) groups excluding carboxylic acids is 2. The summed E-state index contributed by atoms with van der Waals surface area (Å²) >= 11 is 0. The lowest BCUT2D eigenvalue weighted by Crippen LogP contribution is -2.31. The van der Waals surface area contributed by atoms with Crippen molar-refractivity contribution in [3.63, 3.8) is 0 Å². The molecule has 0 aromatic heterocycles. The first-order valence-electron chi connectivity index (χ1n) is 15.1. The van der Waals surface area contributed by atoms with Crippen molar-refractivity contribution >= 4 is 17.4 Å². The Kier molecular flexibility index (Phi) is 12.7. The predicted octanol–water partition coefficient (Wildman–Crippen LogP) is 9.04. The second-order valence-electron chi connectivity index (χ2n) is 11.0. The number of ketones is 1. The maximum absolute atomic E-state index is 14.9. The Labute approximate surface area is 234 Å². The first-order valence-corrected chi connectivity index (χ1v) is 15.1. The molecule has 1 unspecified atom stereocenters. The number of aryl methyl sites for hydroxylation is 1. The summed E-state index contributed by atoms with van der Waals surface area (Å²) in [7, 11) is 0. The van der Waals surface area contributed by atoms with Gasteiger partial charge in [0.15, 0.2) is 0 Å². The smallest absolute Gasteiger partial charge is 0.295 e. The van der Waals surface area contributed by atoms with Crippen LogP contribution in [0.25, 0.3) is 5.76 Å². The van der Waals surface area contributed by atoms with E-state index >= 15 is 0 Å². The van der Waals surface area contributed by atoms with Crippen LogP contribution in [0.1, 0.15) is 120 Å². The van der Waals surface area contributed by atoms with Gasteiger partial charge in [-0.15, -0.1) is 0 Å². The molecular weight excluding hydrogens is 489 g/mol. The van der Waals surface area contributed by atoms with Gasteiger partial charge in [0.05, 0.1) is 11.6 Å². The number of Topliss-reactive ketones (excluding diaryl/α,β-unsaturated/α-hetero) is 1. The second-order valence-corrected chi connectivity index (χ2v) is 11.0. The highest BCUT2D eigenvalue weighted by Gasteiger charge is 2.46. The average molecular weight is 536 g/mol. The molecular formula is C34H46FNO3. The first kappa shape index (κ1) is 30.6. The molecule has 1 N–H and O–H groups in total. The standard InChI is InChI=1S/C34H46FNO3/c1-3-4-5-6-7-8-9-10-11-12-13-14-15-18-25-36-31(28-19-16-17-20-29(28)35)30(33(38)34(36)39)32(37)27-23-21-26(2)22-24-27/h16-17,19-24,31,37H,3-15,18,25H2,1-2H3/b32-30+. The molecule has 0 bridgehead atoms. The van der Waals surface area contributed by atoms with Crippen LogP contribution in [0.2, 0.25) is 0 Å². The average Bonchev–Trinajstić information content (AvgIpc) is 3.18. The van der Waals surface area contributed by atoms with Gasteiger partial charge in [0.1, 0.15) is 11.6 Å². The van der Waals surface area contributed by atoms with E-state index in [-0.39, 0.29) is 16.9 Å². The topological polar surface area (TPSA) is 57.6 Å². The van der Waals surface area contributed by atoms with Crippen molar-refractivity contribution in [2.75, 3.05) is 6.54 Å². The molecule has 1 fully saturated rings. The number of carbonyl (C=O) groups is 2. The van der Waals surface area contributed by atoms with E-state index in [2.05, 4.69) is 6.92 Å². The van der Waals surface area contributed by atoms with Crippen LogP contribution in [0.4, 0.5) is 4.39 Å². The third kappa shape index (κ3) is 8.78. The third-order valence-corrected chi connectivity index (χ3v) is 7.82. The van der Waals surface area contributed by atoms with Crippen molar-refractivity contribution in [2.45, 2.75) is 110 Å². The maximum Gasteiger partial charge on any atom is 0.295 e. The van der Waals surface area contributed by atoms with E-state index in [1.165, 1.54) is 81.6 Å². The Morgan fingerprint density at radius 1 is 0.769 bits per heavy atom. The highest BCUT2D eigenvalue weighted by molar-refractivity contribution is 6.46. The van der Waals surface area contributed by atoms with Crippen molar-refractivity contribution in [2.24, 2.45) is 0 Å². The normalized spacial score (nSPS) is 16.8. The SMILES string of the molecule is CCCCCCCCCCCCCCCCN1C(=O)C(=O)/C(=C(/O)c2ccc(C)cc2)C1c1ccccc1F. The fourth-order valence-electron chi connectivity index (χ4n) is 5.47. The molecule has 2 aromatic carbocycles. The lowest BCUT2D eigenvalue weighted by atomic mass is 9.94. The minimum atomic E-state index is -0.936. The summed E-state index contributed by atoms with van der Waals surface area (Å²) in [5.74, 6) is -2.19. The maximum atomic E-state index is 14.9. The Morgan fingerprint density at radius 2 is 1.28 bits per heavy atom. The predicted molar refractivity (Wildman–Crippen MR) is 157 cm³/mol. The molecule has 1 amide bonds. The van der Waals surface area contributed by atoms with E-state index in [4.69, 9.17) is 0 Å². The molecule has 5 heteroatoms. The van der Waals surface area contributed by atoms with Gasteiger partial charge in [-0.2, -0.15) is 0 Å². The zero-order valence-electron chi connectivity index (χ0n) is 23.9. The number of aliphatic hydroxyl groups excluding tert-OH is 1. The van der Waals surface area contributed by atoms with Gasteiger partial charge in [0.25, 0.3) is 11.7 Å². The van der Waals surface area contributed by atoms with Gasteiger partial charge in [0.2, 0.25) is 0 Å². The van der Waals surface area contributed by atoms with Crippen LogP contribution in [-0.2, 0) is 9.59 Å². The molecule has 212 valence electrons. The van der Waals surface area contributed by atoms with Gasteiger partial charge in [0, 0.05) is 17.7 Å². The molecule has 0 aliphatic carbocycles. The van der Waals surface area contributed by atoms with E-state index in [0.717, 1.165) is 24.8 Å². The Hall–Kier alpha value is -2.95. The van der Waals surface area contributed by atoms with Crippen molar-refractivity contribution in [3.05, 3.63) is 76.6 Å². The lowest BCUT2D eigenvalue weighted by Gasteiger charge is -2.25. The summed E-state index contributed by atoms with van der Waals surface area (Å²) in [5.41, 5.74) is 1.64. The van der Waals surface area contributed by atoms with Crippen molar-refractivity contribution in [3.8, 4) is 0 Å². The Balaban J connectivity index is 1.54. The number of nitrogens with zero attached hydrogens (tertiary/aromatic N) is 1. The van der Waals surface area contributed by atoms with Gasteiger partial charge in [-0.3, -0.25) is 9.59 Å². The minimum absolute atomic E-state index is 0.0423. The largest absolute Gasteiger partial charge is 0.507 e.